The van der Waals surface area contributed by atoms with Crippen molar-refractivity contribution >= 4 is 11.8 Å². The summed E-state index contributed by atoms with van der Waals surface area (Å²) < 4.78 is 5.70. The van der Waals surface area contributed by atoms with Crippen molar-refractivity contribution in [1.82, 2.24) is 0 Å². The first-order valence-corrected chi connectivity index (χ1v) is 11.4. The summed E-state index contributed by atoms with van der Waals surface area (Å²) in [4.78, 5) is 23.3. The summed E-state index contributed by atoms with van der Waals surface area (Å²) >= 11 is 0. The van der Waals surface area contributed by atoms with Crippen LogP contribution < -0.4 is 4.74 Å². The number of carboxylic acid groups (broad SMARTS) is 1. The maximum Gasteiger partial charge on any atom is 0.303 e. The van der Waals surface area contributed by atoms with Crippen LogP contribution in [0, 0.1) is 17.3 Å². The fraction of sp³-hybridized carbons (Fsp3) is 0.680. The van der Waals surface area contributed by atoms with Gasteiger partial charge in [0, 0.05) is 18.3 Å². The Bertz CT molecular complexity index is 798. The molecule has 4 heteroatoms. The number of aryl methyl sites for hydroxylation is 2. The Labute approximate surface area is 174 Å². The van der Waals surface area contributed by atoms with Crippen LogP contribution in [0.25, 0.3) is 0 Å². The van der Waals surface area contributed by atoms with E-state index in [1.165, 1.54) is 23.1 Å². The number of carboxylic acids is 1. The van der Waals surface area contributed by atoms with Crippen LogP contribution in [0.2, 0.25) is 0 Å². The number of aliphatic carboxylic acids is 1. The van der Waals surface area contributed by atoms with Gasteiger partial charge in [0.15, 0.2) is 0 Å². The molecule has 2 saturated carbocycles. The van der Waals surface area contributed by atoms with Crippen molar-refractivity contribution in [1.29, 1.82) is 0 Å². The fourth-order valence-electron chi connectivity index (χ4n) is 6.57. The second kappa shape index (κ2) is 8.12. The predicted molar refractivity (Wildman–Crippen MR) is 112 cm³/mol. The van der Waals surface area contributed by atoms with E-state index in [9.17, 15) is 9.59 Å². The van der Waals surface area contributed by atoms with Crippen LogP contribution in [-0.2, 0) is 22.4 Å². The van der Waals surface area contributed by atoms with Crippen LogP contribution in [0.5, 0.6) is 5.75 Å². The highest BCUT2D eigenvalue weighted by atomic mass is 16.5. The molecule has 0 aliphatic heterocycles. The predicted octanol–water partition coefficient (Wildman–Crippen LogP) is 5.31. The molecular formula is C25H34O4. The van der Waals surface area contributed by atoms with Crippen LogP contribution in [0.1, 0.15) is 87.3 Å². The van der Waals surface area contributed by atoms with Crippen LogP contribution in [0.3, 0.4) is 0 Å². The number of carbonyl (C=O) groups is 2. The summed E-state index contributed by atoms with van der Waals surface area (Å²) in [5.41, 5.74) is 4.13. The SMILES string of the molecule is COc1cc2c(cc1CCCCCC(=O)O)C1CC[C@]3(C)C(=O)CCC3C1CC2. The second-order valence-corrected chi connectivity index (χ2v) is 9.65. The molecule has 2 fully saturated rings. The summed E-state index contributed by atoms with van der Waals surface area (Å²) in [5, 5.41) is 8.81. The quantitative estimate of drug-likeness (QED) is 0.632. The molecule has 4 nitrogen and oxygen atoms in total. The number of methoxy groups -OCH3 is 1. The number of rotatable bonds is 7. The molecule has 3 aliphatic carbocycles. The number of unbranched alkanes of at least 4 members (excludes halogenated alkanes) is 2. The van der Waals surface area contributed by atoms with E-state index in [-0.39, 0.29) is 11.8 Å². The van der Waals surface area contributed by atoms with Crippen molar-refractivity contribution in [2.75, 3.05) is 7.11 Å². The Balaban J connectivity index is 1.53. The Morgan fingerprint density at radius 3 is 2.76 bits per heavy atom. The van der Waals surface area contributed by atoms with Crippen LogP contribution in [0.4, 0.5) is 0 Å². The molecule has 0 bridgehead atoms. The molecule has 3 aliphatic rings. The Kier molecular flexibility index (Phi) is 5.72. The summed E-state index contributed by atoms with van der Waals surface area (Å²) in [6, 6.07) is 4.65. The minimum atomic E-state index is -0.711. The van der Waals surface area contributed by atoms with Crippen molar-refractivity contribution in [2.24, 2.45) is 17.3 Å². The molecule has 0 heterocycles. The highest BCUT2D eigenvalue weighted by Crippen LogP contribution is 2.59. The summed E-state index contributed by atoms with van der Waals surface area (Å²) in [7, 11) is 1.75. The first kappa shape index (κ1) is 20.4. The topological polar surface area (TPSA) is 63.6 Å². The van der Waals surface area contributed by atoms with Crippen LogP contribution in [0.15, 0.2) is 12.1 Å². The van der Waals surface area contributed by atoms with E-state index < -0.39 is 5.97 Å². The second-order valence-electron chi connectivity index (χ2n) is 9.65. The Hall–Kier alpha value is -1.84. The van der Waals surface area contributed by atoms with Gasteiger partial charge in [-0.3, -0.25) is 9.59 Å². The highest BCUT2D eigenvalue weighted by molar-refractivity contribution is 5.87. The van der Waals surface area contributed by atoms with Crippen molar-refractivity contribution < 1.29 is 19.4 Å². The van der Waals surface area contributed by atoms with E-state index in [0.717, 1.165) is 63.5 Å². The van der Waals surface area contributed by atoms with E-state index in [2.05, 4.69) is 19.1 Å². The number of hydrogen-bond donors (Lipinski definition) is 1. The molecule has 0 aromatic heterocycles. The number of fused-ring (bicyclic) bond motifs is 5. The third-order valence-corrected chi connectivity index (χ3v) is 8.17. The monoisotopic (exact) mass is 398 g/mol. The van der Waals surface area contributed by atoms with Crippen molar-refractivity contribution in [3.8, 4) is 5.75 Å². The van der Waals surface area contributed by atoms with Gasteiger partial charge in [-0.2, -0.15) is 0 Å². The van der Waals surface area contributed by atoms with Crippen molar-refractivity contribution in [3.05, 3.63) is 28.8 Å². The number of carbonyl (C=O) groups excluding carboxylic acids is 1. The molecular weight excluding hydrogens is 364 g/mol. The van der Waals surface area contributed by atoms with E-state index in [4.69, 9.17) is 9.84 Å². The van der Waals surface area contributed by atoms with Gasteiger partial charge < -0.3 is 9.84 Å². The third kappa shape index (κ3) is 3.71. The van der Waals surface area contributed by atoms with Crippen LogP contribution in [-0.4, -0.2) is 24.0 Å². The number of benzene rings is 1. The lowest BCUT2D eigenvalue weighted by Gasteiger charge is -2.48. The molecule has 0 saturated heterocycles. The van der Waals surface area contributed by atoms with E-state index >= 15 is 0 Å². The van der Waals surface area contributed by atoms with Gasteiger partial charge in [-0.1, -0.05) is 19.4 Å². The highest BCUT2D eigenvalue weighted by Gasteiger charge is 2.54. The zero-order valence-electron chi connectivity index (χ0n) is 17.8. The minimum absolute atomic E-state index is 0.0713. The molecule has 1 aromatic carbocycles. The summed E-state index contributed by atoms with van der Waals surface area (Å²) in [6.45, 7) is 2.23. The molecule has 0 amide bonds. The van der Waals surface area contributed by atoms with E-state index in [1.54, 1.807) is 7.11 Å². The lowest BCUT2D eigenvalue weighted by atomic mass is 9.55. The van der Waals surface area contributed by atoms with Gasteiger partial charge in [0.2, 0.25) is 0 Å². The smallest absolute Gasteiger partial charge is 0.303 e. The fourth-order valence-corrected chi connectivity index (χ4v) is 6.57. The number of hydrogen-bond acceptors (Lipinski definition) is 3. The average molecular weight is 399 g/mol. The molecule has 0 spiro atoms. The summed E-state index contributed by atoms with van der Waals surface area (Å²) in [6.07, 6.45) is 10.2. The van der Waals surface area contributed by atoms with Gasteiger partial charge in [0.1, 0.15) is 11.5 Å². The molecule has 4 rings (SSSR count). The lowest BCUT2D eigenvalue weighted by molar-refractivity contribution is -0.137. The first-order chi connectivity index (χ1) is 13.9. The number of ketones is 1. The lowest BCUT2D eigenvalue weighted by Crippen LogP contribution is -2.42. The van der Waals surface area contributed by atoms with E-state index in [0.29, 0.717) is 23.5 Å². The van der Waals surface area contributed by atoms with E-state index in [1.807, 2.05) is 0 Å². The number of ether oxygens (including phenoxy) is 1. The third-order valence-electron chi connectivity index (χ3n) is 8.17. The molecule has 1 aromatic rings. The van der Waals surface area contributed by atoms with Gasteiger partial charge in [-0.25, -0.2) is 0 Å². The van der Waals surface area contributed by atoms with Gasteiger partial charge >= 0.3 is 5.97 Å². The Morgan fingerprint density at radius 1 is 1.17 bits per heavy atom. The first-order valence-electron chi connectivity index (χ1n) is 11.4. The zero-order chi connectivity index (χ0) is 20.6. The normalized spacial score (nSPS) is 30.4. The molecule has 29 heavy (non-hydrogen) atoms. The standard InChI is InChI=1S/C25H34O4/c1-25-13-12-18-19(21(25)10-11-23(25)26)9-8-16-15-22(29-2)17(14-20(16)18)6-4-3-5-7-24(27)28/h14-15,18-19,21H,3-13H2,1-2H3,(H,27,28)/t18?,19?,21?,25-/m0/s1. The molecule has 1 N–H and O–H groups in total. The van der Waals surface area contributed by atoms with Gasteiger partial charge in [0.05, 0.1) is 7.11 Å². The van der Waals surface area contributed by atoms with Gasteiger partial charge in [-0.15, -0.1) is 0 Å². The number of Topliss-reactive ketones (excluding diaryl/α,β-unsaturated/α-hetero) is 1. The van der Waals surface area contributed by atoms with Gasteiger partial charge in [-0.05, 0) is 91.9 Å². The summed E-state index contributed by atoms with van der Waals surface area (Å²) in [5.74, 6) is 2.56. The van der Waals surface area contributed by atoms with Crippen molar-refractivity contribution in [2.45, 2.75) is 83.5 Å². The average Bonchev–Trinajstić information content (AvgIpc) is 3.01. The zero-order valence-corrected chi connectivity index (χ0v) is 17.8. The van der Waals surface area contributed by atoms with Gasteiger partial charge in [0.25, 0.3) is 0 Å². The Morgan fingerprint density at radius 2 is 2.00 bits per heavy atom. The largest absolute Gasteiger partial charge is 0.496 e. The molecule has 4 atom stereocenters. The molecule has 3 unspecified atom stereocenters. The maximum atomic E-state index is 12.5. The minimum Gasteiger partial charge on any atom is -0.496 e. The van der Waals surface area contributed by atoms with Crippen molar-refractivity contribution in [3.63, 3.8) is 0 Å². The molecule has 0 radical (unpaired) electrons. The molecule has 158 valence electrons. The van der Waals surface area contributed by atoms with Crippen LogP contribution >= 0.6 is 0 Å². The maximum absolute atomic E-state index is 12.5.